The van der Waals surface area contributed by atoms with Crippen LogP contribution < -0.4 is 15.4 Å². The Labute approximate surface area is 167 Å². The van der Waals surface area contributed by atoms with Gasteiger partial charge in [0.25, 0.3) is 11.8 Å². The maximum atomic E-state index is 12.3. The lowest BCUT2D eigenvalue weighted by Crippen LogP contribution is -2.35. The van der Waals surface area contributed by atoms with E-state index in [1.807, 2.05) is 30.3 Å². The molecule has 7 heteroatoms. The topological polar surface area (TPSA) is 80.6 Å². The summed E-state index contributed by atoms with van der Waals surface area (Å²) in [5.41, 5.74) is 1.03. The molecule has 28 heavy (non-hydrogen) atoms. The second kappa shape index (κ2) is 9.62. The predicted octanol–water partition coefficient (Wildman–Crippen LogP) is 3.67. The van der Waals surface area contributed by atoms with Gasteiger partial charge in [0.15, 0.2) is 5.76 Å². The zero-order valence-corrected chi connectivity index (χ0v) is 15.7. The van der Waals surface area contributed by atoms with E-state index in [1.165, 1.54) is 6.26 Å². The first-order chi connectivity index (χ1) is 13.6. The lowest BCUT2D eigenvalue weighted by molar-refractivity contribution is 0.0908. The minimum atomic E-state index is -0.372. The molecule has 6 nitrogen and oxygen atoms in total. The number of amides is 2. The Morgan fingerprint density at radius 3 is 2.32 bits per heavy atom. The molecule has 0 aliphatic carbocycles. The van der Waals surface area contributed by atoms with Crippen LogP contribution in [0, 0.1) is 0 Å². The smallest absolute Gasteiger partial charge is 0.287 e. The van der Waals surface area contributed by atoms with Crippen molar-refractivity contribution in [2.45, 2.75) is 6.61 Å². The highest BCUT2D eigenvalue weighted by Gasteiger charge is 2.16. The van der Waals surface area contributed by atoms with Crippen LogP contribution >= 0.6 is 11.6 Å². The molecule has 0 saturated heterocycles. The first-order valence-electron chi connectivity index (χ1n) is 8.70. The van der Waals surface area contributed by atoms with Crippen molar-refractivity contribution in [2.24, 2.45) is 0 Å². The van der Waals surface area contributed by atoms with Gasteiger partial charge in [0.1, 0.15) is 12.4 Å². The van der Waals surface area contributed by atoms with Gasteiger partial charge >= 0.3 is 0 Å². The average molecular weight is 399 g/mol. The molecular weight excluding hydrogens is 380 g/mol. The van der Waals surface area contributed by atoms with E-state index < -0.39 is 0 Å². The van der Waals surface area contributed by atoms with Crippen LogP contribution in [0.5, 0.6) is 5.75 Å². The zero-order chi connectivity index (χ0) is 19.8. The van der Waals surface area contributed by atoms with Gasteiger partial charge in [0, 0.05) is 18.7 Å². The van der Waals surface area contributed by atoms with Crippen molar-refractivity contribution in [3.63, 3.8) is 0 Å². The van der Waals surface area contributed by atoms with E-state index in [-0.39, 0.29) is 37.3 Å². The minimum absolute atomic E-state index is 0.188. The first kappa shape index (κ1) is 19.5. The van der Waals surface area contributed by atoms with Gasteiger partial charge in [0.05, 0.1) is 16.8 Å². The number of carbonyl (C=O) groups excluding carboxylic acids is 2. The fourth-order valence-corrected chi connectivity index (χ4v) is 2.72. The molecule has 3 rings (SSSR count). The first-order valence-corrected chi connectivity index (χ1v) is 9.08. The SMILES string of the molecule is O=C(NCCNC(=O)c1occc1COc1ccccc1)c1ccccc1Cl. The number of nitrogens with one attached hydrogen (secondary N) is 2. The van der Waals surface area contributed by atoms with Gasteiger partial charge in [-0.05, 0) is 30.3 Å². The summed E-state index contributed by atoms with van der Waals surface area (Å²) in [7, 11) is 0. The Hall–Kier alpha value is -3.25. The highest BCUT2D eigenvalue weighted by molar-refractivity contribution is 6.33. The van der Waals surface area contributed by atoms with Crippen molar-refractivity contribution < 1.29 is 18.7 Å². The van der Waals surface area contributed by atoms with Crippen molar-refractivity contribution in [1.82, 2.24) is 10.6 Å². The molecule has 2 amide bonds. The molecule has 0 atom stereocenters. The fraction of sp³-hybridized carbons (Fsp3) is 0.143. The quantitative estimate of drug-likeness (QED) is 0.567. The lowest BCUT2D eigenvalue weighted by atomic mass is 10.2. The van der Waals surface area contributed by atoms with E-state index in [0.717, 1.165) is 0 Å². The number of hydrogen-bond donors (Lipinski definition) is 2. The highest BCUT2D eigenvalue weighted by Crippen LogP contribution is 2.16. The average Bonchev–Trinajstić information content (AvgIpc) is 3.19. The van der Waals surface area contributed by atoms with Crippen LogP contribution in [0.2, 0.25) is 5.02 Å². The molecule has 1 aromatic heterocycles. The molecule has 0 spiro atoms. The third-order valence-electron chi connectivity index (χ3n) is 3.91. The third kappa shape index (κ3) is 5.14. The molecule has 0 unspecified atom stereocenters. The summed E-state index contributed by atoms with van der Waals surface area (Å²) >= 11 is 5.99. The summed E-state index contributed by atoms with van der Waals surface area (Å²) in [6.45, 7) is 0.716. The van der Waals surface area contributed by atoms with Crippen LogP contribution in [-0.2, 0) is 6.61 Å². The number of benzene rings is 2. The molecule has 0 aliphatic heterocycles. The van der Waals surface area contributed by atoms with Crippen molar-refractivity contribution in [1.29, 1.82) is 0 Å². The predicted molar refractivity (Wildman–Crippen MR) is 106 cm³/mol. The summed E-state index contributed by atoms with van der Waals surface area (Å²) in [4.78, 5) is 24.4. The van der Waals surface area contributed by atoms with E-state index in [4.69, 9.17) is 20.8 Å². The molecule has 0 saturated carbocycles. The lowest BCUT2D eigenvalue weighted by Gasteiger charge is -2.09. The molecule has 2 aromatic carbocycles. The summed E-state index contributed by atoms with van der Waals surface area (Å²) in [6, 6.07) is 17.8. The highest BCUT2D eigenvalue weighted by atomic mass is 35.5. The number of furan rings is 1. The molecule has 3 aromatic rings. The van der Waals surface area contributed by atoms with Crippen LogP contribution in [0.1, 0.15) is 26.5 Å². The van der Waals surface area contributed by atoms with Crippen molar-refractivity contribution in [3.8, 4) is 5.75 Å². The van der Waals surface area contributed by atoms with Gasteiger partial charge in [0.2, 0.25) is 0 Å². The van der Waals surface area contributed by atoms with Crippen LogP contribution in [0.15, 0.2) is 71.3 Å². The molecule has 0 radical (unpaired) electrons. The largest absolute Gasteiger partial charge is 0.489 e. The summed E-state index contributed by atoms with van der Waals surface area (Å²) in [6.07, 6.45) is 1.44. The van der Waals surface area contributed by atoms with Gasteiger partial charge in [-0.3, -0.25) is 9.59 Å². The fourth-order valence-electron chi connectivity index (χ4n) is 2.50. The van der Waals surface area contributed by atoms with Gasteiger partial charge in [-0.25, -0.2) is 0 Å². The van der Waals surface area contributed by atoms with Crippen LogP contribution in [0.3, 0.4) is 0 Å². The van der Waals surface area contributed by atoms with Crippen molar-refractivity contribution >= 4 is 23.4 Å². The Morgan fingerprint density at radius 2 is 1.57 bits per heavy atom. The van der Waals surface area contributed by atoms with E-state index in [1.54, 1.807) is 30.3 Å². The standard InChI is InChI=1S/C21H19ClN2O4/c22-18-9-5-4-8-17(18)20(25)23-11-12-24-21(26)19-15(10-13-27-19)14-28-16-6-2-1-3-7-16/h1-10,13H,11-12,14H2,(H,23,25)(H,24,26). The maximum Gasteiger partial charge on any atom is 0.287 e. The van der Waals surface area contributed by atoms with Gasteiger partial charge in [-0.15, -0.1) is 0 Å². The van der Waals surface area contributed by atoms with E-state index in [2.05, 4.69) is 10.6 Å². The third-order valence-corrected chi connectivity index (χ3v) is 4.23. The van der Waals surface area contributed by atoms with Crippen LogP contribution in [0.4, 0.5) is 0 Å². The van der Waals surface area contributed by atoms with Crippen molar-refractivity contribution in [3.05, 3.63) is 88.8 Å². The molecule has 1 heterocycles. The molecule has 0 bridgehead atoms. The zero-order valence-electron chi connectivity index (χ0n) is 15.0. The van der Waals surface area contributed by atoms with Gasteiger partial charge in [-0.1, -0.05) is 41.9 Å². The molecule has 0 aliphatic rings. The maximum absolute atomic E-state index is 12.3. The molecule has 0 fully saturated rings. The van der Waals surface area contributed by atoms with Crippen molar-refractivity contribution in [2.75, 3.05) is 13.1 Å². The second-order valence-electron chi connectivity index (χ2n) is 5.87. The number of ether oxygens (including phenoxy) is 1. The van der Waals surface area contributed by atoms with E-state index >= 15 is 0 Å². The number of halogens is 1. The van der Waals surface area contributed by atoms with Gasteiger partial charge in [-0.2, -0.15) is 0 Å². The number of rotatable bonds is 8. The normalized spacial score (nSPS) is 10.3. The summed E-state index contributed by atoms with van der Waals surface area (Å²) < 4.78 is 10.9. The van der Waals surface area contributed by atoms with Crippen LogP contribution in [-0.4, -0.2) is 24.9 Å². The number of carbonyl (C=O) groups is 2. The Morgan fingerprint density at radius 1 is 0.893 bits per heavy atom. The van der Waals surface area contributed by atoms with E-state index in [9.17, 15) is 9.59 Å². The Bertz CT molecular complexity index is 940. The van der Waals surface area contributed by atoms with E-state index in [0.29, 0.717) is 21.9 Å². The number of hydrogen-bond acceptors (Lipinski definition) is 4. The Kier molecular flexibility index (Phi) is 6.70. The summed E-state index contributed by atoms with van der Waals surface area (Å²) in [5.74, 6) is 0.226. The second-order valence-corrected chi connectivity index (χ2v) is 6.28. The minimum Gasteiger partial charge on any atom is -0.489 e. The molecule has 144 valence electrons. The number of para-hydroxylation sites is 1. The Balaban J connectivity index is 1.46. The summed E-state index contributed by atoms with van der Waals surface area (Å²) in [5, 5.41) is 5.79. The monoisotopic (exact) mass is 398 g/mol. The molecule has 2 N–H and O–H groups in total. The molecular formula is C21H19ClN2O4. The van der Waals surface area contributed by atoms with Crippen LogP contribution in [0.25, 0.3) is 0 Å². The van der Waals surface area contributed by atoms with Gasteiger partial charge < -0.3 is 19.8 Å².